The van der Waals surface area contributed by atoms with Crippen LogP contribution in [0.1, 0.15) is 15.9 Å². The van der Waals surface area contributed by atoms with Crippen LogP contribution in [0.3, 0.4) is 0 Å². The van der Waals surface area contributed by atoms with Gasteiger partial charge < -0.3 is 19.7 Å². The van der Waals surface area contributed by atoms with Gasteiger partial charge >= 0.3 is 0 Å². The number of nitrogens with zero attached hydrogens (tertiary/aromatic N) is 2. The SMILES string of the molecule is COc1cc(/C=C/C(=O)Nc2cc(C(=O)N(C)C)ccc2Cl)ccc1OCC#N. The monoisotopic (exact) mass is 413 g/mol. The zero-order chi connectivity index (χ0) is 21.4. The van der Waals surface area contributed by atoms with E-state index < -0.39 is 5.91 Å². The lowest BCUT2D eigenvalue weighted by molar-refractivity contribution is -0.111. The van der Waals surface area contributed by atoms with Gasteiger partial charge in [-0.1, -0.05) is 17.7 Å². The van der Waals surface area contributed by atoms with E-state index >= 15 is 0 Å². The van der Waals surface area contributed by atoms with E-state index in [2.05, 4.69) is 5.32 Å². The molecule has 0 saturated heterocycles. The summed E-state index contributed by atoms with van der Waals surface area (Å²) in [6, 6.07) is 11.6. The fraction of sp³-hybridized carbons (Fsp3) is 0.190. The molecule has 0 heterocycles. The summed E-state index contributed by atoms with van der Waals surface area (Å²) in [5.74, 6) is 0.272. The van der Waals surface area contributed by atoms with E-state index in [0.29, 0.717) is 33.3 Å². The summed E-state index contributed by atoms with van der Waals surface area (Å²) in [6.07, 6.45) is 2.93. The third kappa shape index (κ3) is 5.99. The Bertz CT molecular complexity index is 980. The van der Waals surface area contributed by atoms with Crippen LogP contribution in [0.2, 0.25) is 5.02 Å². The molecular formula is C21H20ClN3O4. The molecule has 0 atom stereocenters. The van der Waals surface area contributed by atoms with Crippen molar-refractivity contribution >= 4 is 35.2 Å². The van der Waals surface area contributed by atoms with Crippen molar-refractivity contribution < 1.29 is 19.1 Å². The molecule has 2 aromatic carbocycles. The summed E-state index contributed by atoms with van der Waals surface area (Å²) >= 11 is 6.12. The summed E-state index contributed by atoms with van der Waals surface area (Å²) < 4.78 is 10.5. The van der Waals surface area contributed by atoms with Crippen molar-refractivity contribution in [1.29, 1.82) is 5.26 Å². The second kappa shape index (κ2) is 10.2. The van der Waals surface area contributed by atoms with Gasteiger partial charge in [-0.3, -0.25) is 9.59 Å². The summed E-state index contributed by atoms with van der Waals surface area (Å²) in [5.41, 5.74) is 1.45. The highest BCUT2D eigenvalue weighted by Crippen LogP contribution is 2.28. The predicted octanol–water partition coefficient (Wildman–Crippen LogP) is 3.60. The molecule has 0 aliphatic carbocycles. The maximum absolute atomic E-state index is 12.3. The normalized spacial score (nSPS) is 10.3. The first-order chi connectivity index (χ1) is 13.8. The summed E-state index contributed by atoms with van der Waals surface area (Å²) in [7, 11) is 4.77. The van der Waals surface area contributed by atoms with Crippen molar-refractivity contribution in [3.63, 3.8) is 0 Å². The second-order valence-corrected chi connectivity index (χ2v) is 6.48. The number of anilines is 1. The van der Waals surface area contributed by atoms with E-state index in [4.69, 9.17) is 26.3 Å². The number of rotatable bonds is 7. The van der Waals surface area contributed by atoms with Crippen LogP contribution in [0, 0.1) is 11.3 Å². The number of carbonyl (C=O) groups excluding carboxylic acids is 2. The van der Waals surface area contributed by atoms with Crippen LogP contribution in [0.5, 0.6) is 11.5 Å². The number of nitrogens with one attached hydrogen (secondary N) is 1. The summed E-state index contributed by atoms with van der Waals surface area (Å²) in [6.45, 7) is -0.0932. The van der Waals surface area contributed by atoms with E-state index in [1.54, 1.807) is 50.5 Å². The van der Waals surface area contributed by atoms with Gasteiger partial charge in [0.2, 0.25) is 5.91 Å². The van der Waals surface area contributed by atoms with Crippen molar-refractivity contribution in [2.75, 3.05) is 33.1 Å². The van der Waals surface area contributed by atoms with Crippen LogP contribution < -0.4 is 14.8 Å². The lowest BCUT2D eigenvalue weighted by Gasteiger charge is -2.12. The van der Waals surface area contributed by atoms with Gasteiger partial charge in [-0.25, -0.2) is 0 Å². The molecule has 150 valence electrons. The maximum Gasteiger partial charge on any atom is 0.253 e. The zero-order valence-electron chi connectivity index (χ0n) is 16.2. The van der Waals surface area contributed by atoms with Crippen molar-refractivity contribution in [2.45, 2.75) is 0 Å². The fourth-order valence-corrected chi connectivity index (χ4v) is 2.54. The molecular weight excluding hydrogens is 394 g/mol. The smallest absolute Gasteiger partial charge is 0.253 e. The lowest BCUT2D eigenvalue weighted by atomic mass is 10.1. The van der Waals surface area contributed by atoms with Crippen LogP contribution in [-0.2, 0) is 4.79 Å². The van der Waals surface area contributed by atoms with Crippen molar-refractivity contribution in [3.8, 4) is 17.6 Å². The van der Waals surface area contributed by atoms with Crippen molar-refractivity contribution in [1.82, 2.24) is 4.90 Å². The van der Waals surface area contributed by atoms with Crippen LogP contribution in [0.15, 0.2) is 42.5 Å². The minimum Gasteiger partial charge on any atom is -0.493 e. The molecule has 0 saturated carbocycles. The predicted molar refractivity (Wildman–Crippen MR) is 111 cm³/mol. The molecule has 29 heavy (non-hydrogen) atoms. The largest absolute Gasteiger partial charge is 0.493 e. The van der Waals surface area contributed by atoms with Gasteiger partial charge in [0, 0.05) is 25.7 Å². The lowest BCUT2D eigenvalue weighted by Crippen LogP contribution is -2.21. The van der Waals surface area contributed by atoms with E-state index in [9.17, 15) is 9.59 Å². The minimum absolute atomic E-state index is 0.0932. The van der Waals surface area contributed by atoms with Crippen LogP contribution in [0.25, 0.3) is 6.08 Å². The maximum atomic E-state index is 12.3. The number of nitriles is 1. The molecule has 2 aromatic rings. The highest BCUT2D eigenvalue weighted by Gasteiger charge is 2.12. The highest BCUT2D eigenvalue weighted by molar-refractivity contribution is 6.34. The minimum atomic E-state index is -0.412. The van der Waals surface area contributed by atoms with Gasteiger partial charge in [-0.2, -0.15) is 5.26 Å². The molecule has 0 aromatic heterocycles. The fourth-order valence-electron chi connectivity index (χ4n) is 2.38. The molecule has 0 fully saturated rings. The first kappa shape index (κ1) is 21.8. The number of amides is 2. The Kier molecular flexibility index (Phi) is 7.63. The summed E-state index contributed by atoms with van der Waals surface area (Å²) in [4.78, 5) is 25.8. The molecule has 0 bridgehead atoms. The van der Waals surface area contributed by atoms with Gasteiger partial charge in [0.1, 0.15) is 6.07 Å². The van der Waals surface area contributed by atoms with E-state index in [1.807, 2.05) is 6.07 Å². The molecule has 7 nitrogen and oxygen atoms in total. The molecule has 0 aliphatic heterocycles. The van der Waals surface area contributed by atoms with Crippen LogP contribution in [-0.4, -0.2) is 44.5 Å². The van der Waals surface area contributed by atoms with E-state index in [0.717, 1.165) is 0 Å². The number of halogens is 1. The molecule has 1 N–H and O–H groups in total. The molecule has 0 radical (unpaired) electrons. The van der Waals surface area contributed by atoms with Gasteiger partial charge in [-0.05, 0) is 42.0 Å². The number of carbonyl (C=O) groups is 2. The molecule has 0 spiro atoms. The van der Waals surface area contributed by atoms with Crippen molar-refractivity contribution in [2.24, 2.45) is 0 Å². The Morgan fingerprint density at radius 2 is 1.97 bits per heavy atom. The first-order valence-corrected chi connectivity index (χ1v) is 8.91. The number of ether oxygens (including phenoxy) is 2. The standard InChI is InChI=1S/C21H20ClN3O4/c1-25(2)21(27)15-6-7-16(22)17(13-15)24-20(26)9-5-14-4-8-18(29-11-10-23)19(12-14)28-3/h4-9,12-13H,11H2,1-3H3,(H,24,26)/b9-5+. The topological polar surface area (TPSA) is 91.7 Å². The number of benzene rings is 2. The Morgan fingerprint density at radius 3 is 2.62 bits per heavy atom. The number of hydrogen-bond acceptors (Lipinski definition) is 5. The Hall–Kier alpha value is -3.50. The van der Waals surface area contributed by atoms with Crippen LogP contribution >= 0.6 is 11.6 Å². The van der Waals surface area contributed by atoms with Gasteiger partial charge in [-0.15, -0.1) is 0 Å². The Labute approximate surface area is 174 Å². The zero-order valence-corrected chi connectivity index (χ0v) is 17.0. The van der Waals surface area contributed by atoms with E-state index in [1.165, 1.54) is 24.2 Å². The summed E-state index contributed by atoms with van der Waals surface area (Å²) in [5, 5.41) is 11.6. The third-order valence-electron chi connectivity index (χ3n) is 3.78. The van der Waals surface area contributed by atoms with Crippen LogP contribution in [0.4, 0.5) is 5.69 Å². The Balaban J connectivity index is 2.13. The second-order valence-electron chi connectivity index (χ2n) is 6.07. The molecule has 2 amide bonds. The molecule has 0 unspecified atom stereocenters. The average molecular weight is 414 g/mol. The number of hydrogen-bond donors (Lipinski definition) is 1. The first-order valence-electron chi connectivity index (χ1n) is 8.53. The Morgan fingerprint density at radius 1 is 1.21 bits per heavy atom. The van der Waals surface area contributed by atoms with Crippen molar-refractivity contribution in [3.05, 3.63) is 58.6 Å². The average Bonchev–Trinajstić information content (AvgIpc) is 2.71. The van der Waals surface area contributed by atoms with Gasteiger partial charge in [0.25, 0.3) is 5.91 Å². The quantitative estimate of drug-likeness (QED) is 0.700. The van der Waals surface area contributed by atoms with E-state index in [-0.39, 0.29) is 12.5 Å². The third-order valence-corrected chi connectivity index (χ3v) is 4.11. The molecule has 2 rings (SSSR count). The molecule has 8 heteroatoms. The highest BCUT2D eigenvalue weighted by atomic mass is 35.5. The number of methoxy groups -OCH3 is 1. The van der Waals surface area contributed by atoms with Gasteiger partial charge in [0.05, 0.1) is 17.8 Å². The van der Waals surface area contributed by atoms with Gasteiger partial charge in [0.15, 0.2) is 18.1 Å². The molecule has 0 aliphatic rings.